The minimum Gasteiger partial charge on any atom is -0.376 e. The van der Waals surface area contributed by atoms with E-state index in [1.165, 1.54) is 0 Å². The Hall–Kier alpha value is -3.44. The summed E-state index contributed by atoms with van der Waals surface area (Å²) < 4.78 is 5.57. The number of carbonyl (C=O) groups is 2. The summed E-state index contributed by atoms with van der Waals surface area (Å²) >= 11 is 0. The van der Waals surface area contributed by atoms with Crippen LogP contribution in [0.2, 0.25) is 0 Å². The fourth-order valence-corrected chi connectivity index (χ4v) is 3.90. The summed E-state index contributed by atoms with van der Waals surface area (Å²) in [5.41, 5.74) is 3.30. The Kier molecular flexibility index (Phi) is 7.31. The first-order valence-corrected chi connectivity index (χ1v) is 11.1. The molecule has 2 amide bonds. The molecular formula is C27H28N2O3. The second-order valence-electron chi connectivity index (χ2n) is 8.03. The average Bonchev–Trinajstić information content (AvgIpc) is 3.36. The summed E-state index contributed by atoms with van der Waals surface area (Å²) in [5.74, 6) is -0.115. The quantitative estimate of drug-likeness (QED) is 0.580. The van der Waals surface area contributed by atoms with E-state index in [9.17, 15) is 9.59 Å². The first kappa shape index (κ1) is 21.8. The minimum atomic E-state index is -0.0746. The fraction of sp³-hybridized carbons (Fsp3) is 0.259. The maximum Gasteiger partial charge on any atom is 0.258 e. The second-order valence-corrected chi connectivity index (χ2v) is 8.03. The molecule has 3 aromatic carbocycles. The van der Waals surface area contributed by atoms with E-state index in [2.05, 4.69) is 5.32 Å². The number of rotatable bonds is 8. The third-order valence-corrected chi connectivity index (χ3v) is 5.59. The van der Waals surface area contributed by atoms with Crippen molar-refractivity contribution in [2.24, 2.45) is 0 Å². The molecule has 32 heavy (non-hydrogen) atoms. The van der Waals surface area contributed by atoms with Gasteiger partial charge in [-0.15, -0.1) is 0 Å². The maximum atomic E-state index is 13.4. The van der Waals surface area contributed by atoms with Crippen LogP contribution in [0.25, 0.3) is 0 Å². The van der Waals surface area contributed by atoms with E-state index in [-0.39, 0.29) is 24.3 Å². The van der Waals surface area contributed by atoms with Crippen LogP contribution in [0.4, 0.5) is 5.69 Å². The van der Waals surface area contributed by atoms with E-state index in [1.807, 2.05) is 84.9 Å². The Balaban J connectivity index is 1.51. The van der Waals surface area contributed by atoms with Gasteiger partial charge in [0.25, 0.3) is 5.91 Å². The van der Waals surface area contributed by atoms with Gasteiger partial charge in [-0.3, -0.25) is 9.59 Å². The van der Waals surface area contributed by atoms with Crippen molar-refractivity contribution in [1.82, 2.24) is 5.32 Å². The summed E-state index contributed by atoms with van der Waals surface area (Å²) in [7, 11) is 0. The lowest BCUT2D eigenvalue weighted by molar-refractivity contribution is -0.120. The highest BCUT2D eigenvalue weighted by Crippen LogP contribution is 2.22. The van der Waals surface area contributed by atoms with Gasteiger partial charge in [0.2, 0.25) is 5.91 Å². The van der Waals surface area contributed by atoms with Crippen molar-refractivity contribution in [1.29, 1.82) is 0 Å². The van der Waals surface area contributed by atoms with Crippen LogP contribution in [-0.4, -0.2) is 31.1 Å². The van der Waals surface area contributed by atoms with Crippen LogP contribution in [-0.2, 0) is 22.5 Å². The number of nitrogens with one attached hydrogen (secondary N) is 1. The van der Waals surface area contributed by atoms with Gasteiger partial charge < -0.3 is 15.0 Å². The highest BCUT2D eigenvalue weighted by Gasteiger charge is 2.19. The lowest BCUT2D eigenvalue weighted by atomic mass is 10.1. The average molecular weight is 429 g/mol. The van der Waals surface area contributed by atoms with E-state index in [0.29, 0.717) is 18.7 Å². The smallest absolute Gasteiger partial charge is 0.258 e. The molecule has 1 fully saturated rings. The number of anilines is 1. The number of ether oxygens (including phenoxy) is 1. The van der Waals surface area contributed by atoms with Crippen LogP contribution in [0.1, 0.15) is 34.3 Å². The lowest BCUT2D eigenvalue weighted by Crippen LogP contribution is -2.33. The molecule has 4 rings (SSSR count). The SMILES string of the molecule is O=C(Cc1cccc(N(Cc2ccccc2)C(=O)c2ccccc2)c1)NCC1CCCO1. The first-order valence-electron chi connectivity index (χ1n) is 11.1. The Morgan fingerprint density at radius 2 is 1.62 bits per heavy atom. The number of amides is 2. The molecule has 0 bridgehead atoms. The molecule has 1 heterocycles. The molecule has 1 N–H and O–H groups in total. The van der Waals surface area contributed by atoms with Crippen LogP contribution < -0.4 is 10.2 Å². The van der Waals surface area contributed by atoms with Gasteiger partial charge in [0, 0.05) is 24.4 Å². The molecule has 1 unspecified atom stereocenters. The molecule has 1 saturated heterocycles. The zero-order valence-electron chi connectivity index (χ0n) is 18.1. The highest BCUT2D eigenvalue weighted by atomic mass is 16.5. The van der Waals surface area contributed by atoms with Crippen LogP contribution in [0.3, 0.4) is 0 Å². The number of hydrogen-bond acceptors (Lipinski definition) is 3. The van der Waals surface area contributed by atoms with Crippen LogP contribution in [0.5, 0.6) is 0 Å². The molecule has 0 aliphatic carbocycles. The molecule has 0 saturated carbocycles. The number of carbonyl (C=O) groups excluding carboxylic acids is 2. The monoisotopic (exact) mass is 428 g/mol. The van der Waals surface area contributed by atoms with Gasteiger partial charge in [0.15, 0.2) is 0 Å². The molecule has 5 nitrogen and oxygen atoms in total. The van der Waals surface area contributed by atoms with Gasteiger partial charge in [-0.25, -0.2) is 0 Å². The summed E-state index contributed by atoms with van der Waals surface area (Å²) in [4.78, 5) is 27.6. The largest absolute Gasteiger partial charge is 0.376 e. The van der Waals surface area contributed by atoms with E-state index >= 15 is 0 Å². The maximum absolute atomic E-state index is 13.4. The zero-order valence-corrected chi connectivity index (χ0v) is 18.1. The number of nitrogens with zero attached hydrogens (tertiary/aromatic N) is 1. The molecule has 1 atom stereocenters. The summed E-state index contributed by atoms with van der Waals surface area (Å²) in [6.07, 6.45) is 2.43. The number of hydrogen-bond donors (Lipinski definition) is 1. The van der Waals surface area contributed by atoms with E-state index in [1.54, 1.807) is 4.90 Å². The van der Waals surface area contributed by atoms with Gasteiger partial charge >= 0.3 is 0 Å². The van der Waals surface area contributed by atoms with Crippen molar-refractivity contribution in [2.75, 3.05) is 18.1 Å². The predicted molar refractivity (Wildman–Crippen MR) is 126 cm³/mol. The Morgan fingerprint density at radius 1 is 0.906 bits per heavy atom. The molecule has 1 aliphatic rings. The summed E-state index contributed by atoms with van der Waals surface area (Å²) in [6, 6.07) is 26.8. The third-order valence-electron chi connectivity index (χ3n) is 5.59. The number of benzene rings is 3. The Bertz CT molecular complexity index is 1030. The highest BCUT2D eigenvalue weighted by molar-refractivity contribution is 6.06. The molecule has 1 aliphatic heterocycles. The van der Waals surface area contributed by atoms with E-state index in [4.69, 9.17) is 4.74 Å². The third kappa shape index (κ3) is 5.83. The first-order chi connectivity index (χ1) is 15.7. The van der Waals surface area contributed by atoms with Crippen molar-refractivity contribution >= 4 is 17.5 Å². The van der Waals surface area contributed by atoms with E-state index in [0.717, 1.165) is 36.3 Å². The molecule has 164 valence electrons. The topological polar surface area (TPSA) is 58.6 Å². The van der Waals surface area contributed by atoms with Crippen LogP contribution in [0.15, 0.2) is 84.9 Å². The predicted octanol–water partition coefficient (Wildman–Crippen LogP) is 4.37. The summed E-state index contributed by atoms with van der Waals surface area (Å²) in [5, 5.41) is 2.97. The summed E-state index contributed by atoms with van der Waals surface area (Å²) in [6.45, 7) is 1.77. The Labute approximate surface area is 189 Å². The molecule has 0 aromatic heterocycles. The normalized spacial score (nSPS) is 15.3. The van der Waals surface area contributed by atoms with Gasteiger partial charge in [0.05, 0.1) is 19.1 Å². The van der Waals surface area contributed by atoms with Gasteiger partial charge in [-0.1, -0.05) is 60.7 Å². The molecule has 3 aromatic rings. The minimum absolute atomic E-state index is 0.0401. The molecular weight excluding hydrogens is 400 g/mol. The zero-order chi connectivity index (χ0) is 22.2. The van der Waals surface area contributed by atoms with E-state index < -0.39 is 0 Å². The van der Waals surface area contributed by atoms with Gasteiger partial charge in [0.1, 0.15) is 0 Å². The Morgan fingerprint density at radius 3 is 2.34 bits per heavy atom. The van der Waals surface area contributed by atoms with Crippen molar-refractivity contribution < 1.29 is 14.3 Å². The standard InChI is InChI=1S/C27H28N2O3/c30-26(28-19-25-15-8-16-32-25)18-22-11-7-14-24(17-22)29(20-21-9-3-1-4-10-21)27(31)23-12-5-2-6-13-23/h1-7,9-14,17,25H,8,15-16,18-20H2,(H,28,30). The van der Waals surface area contributed by atoms with Crippen LogP contribution >= 0.6 is 0 Å². The van der Waals surface area contributed by atoms with Crippen LogP contribution in [0, 0.1) is 0 Å². The second kappa shape index (κ2) is 10.7. The molecule has 0 spiro atoms. The fourth-order valence-electron chi connectivity index (χ4n) is 3.90. The van der Waals surface area contributed by atoms with Crippen molar-refractivity contribution in [3.05, 3.63) is 102 Å². The van der Waals surface area contributed by atoms with Gasteiger partial charge in [-0.2, -0.15) is 0 Å². The van der Waals surface area contributed by atoms with Gasteiger partial charge in [-0.05, 0) is 48.2 Å². The molecule has 0 radical (unpaired) electrons. The molecule has 5 heteroatoms. The van der Waals surface area contributed by atoms with Crippen molar-refractivity contribution in [3.63, 3.8) is 0 Å². The van der Waals surface area contributed by atoms with Crippen molar-refractivity contribution in [3.8, 4) is 0 Å². The lowest BCUT2D eigenvalue weighted by Gasteiger charge is -2.24. The van der Waals surface area contributed by atoms with Crippen molar-refractivity contribution in [2.45, 2.75) is 31.9 Å².